The van der Waals surface area contributed by atoms with Crippen LogP contribution in [0, 0.1) is 20.2 Å². The van der Waals surface area contributed by atoms with Crippen LogP contribution in [0.15, 0.2) is 66.7 Å². The zero-order valence-corrected chi connectivity index (χ0v) is 22.0. The molecule has 2 saturated carbocycles. The molecule has 0 bridgehead atoms. The van der Waals surface area contributed by atoms with Crippen LogP contribution >= 0.6 is 0 Å². The molecule has 0 spiro atoms. The summed E-state index contributed by atoms with van der Waals surface area (Å²) in [6.45, 7) is 1.53. The Morgan fingerprint density at radius 3 is 2.08 bits per heavy atom. The Bertz CT molecular complexity index is 1450. The highest BCUT2D eigenvalue weighted by Crippen LogP contribution is 2.48. The van der Waals surface area contributed by atoms with Gasteiger partial charge in [-0.1, -0.05) is 30.3 Å². The number of piperazine rings is 1. The smallest absolute Gasteiger partial charge is 0.410 e. The molecule has 1 amide bonds. The Morgan fingerprint density at radius 2 is 1.43 bits per heavy atom. The number of carbonyl (C=O) groups excluding carboxylic acids is 1. The van der Waals surface area contributed by atoms with Crippen molar-refractivity contribution < 1.29 is 19.4 Å². The molecule has 3 aromatic carbocycles. The Hall–Kier alpha value is -4.47. The van der Waals surface area contributed by atoms with Crippen LogP contribution in [0.2, 0.25) is 0 Å². The lowest BCUT2D eigenvalue weighted by Crippen LogP contribution is -2.51. The molecule has 0 radical (unpaired) electrons. The summed E-state index contributed by atoms with van der Waals surface area (Å²) in [5.74, 6) is 0.525. The predicted octanol–water partition coefficient (Wildman–Crippen LogP) is 6.46. The molecule has 3 aromatic rings. The van der Waals surface area contributed by atoms with E-state index in [1.54, 1.807) is 23.1 Å². The lowest BCUT2D eigenvalue weighted by molar-refractivity contribution is -0.385. The van der Waals surface area contributed by atoms with Gasteiger partial charge in [-0.25, -0.2) is 4.79 Å². The van der Waals surface area contributed by atoms with Crippen LogP contribution in [0.5, 0.6) is 0 Å². The zero-order valence-electron chi connectivity index (χ0n) is 22.0. The number of non-ortho nitro benzene ring substituents is 2. The first kappa shape index (κ1) is 25.8. The molecule has 40 heavy (non-hydrogen) atoms. The average molecular weight is 543 g/mol. The molecule has 1 saturated heterocycles. The molecule has 3 fully saturated rings. The minimum atomic E-state index is -0.431. The summed E-state index contributed by atoms with van der Waals surface area (Å²) in [6.07, 6.45) is 3.48. The molecule has 0 aromatic heterocycles. The largest absolute Gasteiger partial charge is 0.445 e. The molecule has 10 nitrogen and oxygen atoms in total. The van der Waals surface area contributed by atoms with Crippen molar-refractivity contribution in [3.8, 4) is 0 Å². The summed E-state index contributed by atoms with van der Waals surface area (Å²) < 4.78 is 5.74. The van der Waals surface area contributed by atoms with Gasteiger partial charge in [-0.2, -0.15) is 0 Å². The molecule has 0 N–H and O–H groups in total. The van der Waals surface area contributed by atoms with E-state index in [9.17, 15) is 25.0 Å². The fourth-order valence-corrected chi connectivity index (χ4v) is 5.68. The Balaban J connectivity index is 1.34. The molecule has 1 atom stereocenters. The van der Waals surface area contributed by atoms with E-state index < -0.39 is 12.1 Å². The van der Waals surface area contributed by atoms with E-state index in [4.69, 9.17) is 4.74 Å². The summed E-state index contributed by atoms with van der Waals surface area (Å²) in [6, 6.07) is 19.1. The Labute approximate surface area is 231 Å². The van der Waals surface area contributed by atoms with Crippen molar-refractivity contribution in [2.75, 3.05) is 24.5 Å². The van der Waals surface area contributed by atoms with Crippen LogP contribution in [0.4, 0.5) is 21.9 Å². The van der Waals surface area contributed by atoms with Gasteiger partial charge in [0.2, 0.25) is 0 Å². The van der Waals surface area contributed by atoms with Crippen molar-refractivity contribution in [3.05, 3.63) is 109 Å². The first-order chi connectivity index (χ1) is 19.4. The van der Waals surface area contributed by atoms with Gasteiger partial charge in [0.25, 0.3) is 11.4 Å². The van der Waals surface area contributed by atoms with Gasteiger partial charge in [0.15, 0.2) is 0 Å². The number of carbonyl (C=O) groups is 1. The number of amides is 1. The number of nitro benzene ring substituents is 2. The highest BCUT2D eigenvalue weighted by atomic mass is 16.6. The SMILES string of the molecule is O=C(OCc1ccccc1)N1CCN(c2ccc([N+](=O)[O-])cc2C2CC2)CC1c1ccc([N+](=O)[O-])cc1C1CC1. The van der Waals surface area contributed by atoms with Crippen molar-refractivity contribution in [2.24, 2.45) is 0 Å². The zero-order chi connectivity index (χ0) is 27.8. The van der Waals surface area contributed by atoms with Crippen molar-refractivity contribution in [1.29, 1.82) is 0 Å². The summed E-state index contributed by atoms with van der Waals surface area (Å²) in [5, 5.41) is 23.0. The number of anilines is 1. The quantitative estimate of drug-likeness (QED) is 0.237. The van der Waals surface area contributed by atoms with Gasteiger partial charge in [-0.15, -0.1) is 0 Å². The maximum Gasteiger partial charge on any atom is 0.410 e. The van der Waals surface area contributed by atoms with Crippen LogP contribution < -0.4 is 4.90 Å². The van der Waals surface area contributed by atoms with E-state index in [1.807, 2.05) is 36.4 Å². The first-order valence-electron chi connectivity index (χ1n) is 13.7. The van der Waals surface area contributed by atoms with Crippen LogP contribution in [-0.4, -0.2) is 40.5 Å². The molecule has 6 rings (SSSR count). The van der Waals surface area contributed by atoms with Gasteiger partial charge in [0, 0.05) is 49.6 Å². The van der Waals surface area contributed by atoms with E-state index in [0.29, 0.717) is 25.6 Å². The molecule has 10 heteroatoms. The Morgan fingerprint density at radius 1 is 0.800 bits per heavy atom. The molecule has 1 heterocycles. The molecule has 2 aliphatic carbocycles. The summed E-state index contributed by atoms with van der Waals surface area (Å²) in [7, 11) is 0. The maximum atomic E-state index is 13.5. The van der Waals surface area contributed by atoms with Gasteiger partial charge in [0.05, 0.1) is 15.9 Å². The summed E-state index contributed by atoms with van der Waals surface area (Å²) in [4.78, 5) is 39.7. The second kappa shape index (κ2) is 10.6. The fourth-order valence-electron chi connectivity index (χ4n) is 5.68. The fraction of sp³-hybridized carbons (Fsp3) is 0.367. The van der Waals surface area contributed by atoms with Gasteiger partial charge < -0.3 is 9.64 Å². The van der Waals surface area contributed by atoms with Crippen LogP contribution in [-0.2, 0) is 11.3 Å². The molecule has 1 unspecified atom stereocenters. The molecule has 206 valence electrons. The average Bonchev–Trinajstić information content (AvgIpc) is 3.89. The third kappa shape index (κ3) is 5.34. The van der Waals surface area contributed by atoms with E-state index in [-0.39, 0.29) is 33.7 Å². The lowest BCUT2D eigenvalue weighted by Gasteiger charge is -2.43. The van der Waals surface area contributed by atoms with Gasteiger partial charge in [-0.3, -0.25) is 25.1 Å². The molecule has 3 aliphatic rings. The summed E-state index contributed by atoms with van der Waals surface area (Å²) >= 11 is 0. The molecular weight excluding hydrogens is 512 g/mol. The number of rotatable bonds is 8. The number of hydrogen-bond acceptors (Lipinski definition) is 7. The van der Waals surface area contributed by atoms with Crippen molar-refractivity contribution in [1.82, 2.24) is 4.90 Å². The first-order valence-corrected chi connectivity index (χ1v) is 13.7. The number of nitro groups is 2. The van der Waals surface area contributed by atoms with Crippen LogP contribution in [0.3, 0.4) is 0 Å². The minimum absolute atomic E-state index is 0.0444. The van der Waals surface area contributed by atoms with Gasteiger partial charge >= 0.3 is 6.09 Å². The third-order valence-electron chi connectivity index (χ3n) is 8.06. The lowest BCUT2D eigenvalue weighted by atomic mass is 9.93. The second-order valence-corrected chi connectivity index (χ2v) is 10.8. The summed E-state index contributed by atoms with van der Waals surface area (Å²) in [5.41, 5.74) is 4.74. The normalized spacial score (nSPS) is 18.9. The standard InChI is InChI=1S/C30H30N4O6/c35-30(40-19-20-4-2-1-3-5-20)32-15-14-31(28-13-11-24(34(38)39)17-27(28)22-8-9-22)18-29(32)25-12-10-23(33(36)37)16-26(25)21-6-7-21/h1-5,10-13,16-17,21-22,29H,6-9,14-15,18-19H2. The third-order valence-corrected chi connectivity index (χ3v) is 8.06. The van der Waals surface area contributed by atoms with E-state index in [0.717, 1.165) is 53.6 Å². The van der Waals surface area contributed by atoms with E-state index >= 15 is 0 Å². The van der Waals surface area contributed by atoms with E-state index in [1.165, 1.54) is 12.1 Å². The minimum Gasteiger partial charge on any atom is -0.445 e. The molecular formula is C30H30N4O6. The predicted molar refractivity (Wildman–Crippen MR) is 148 cm³/mol. The second-order valence-electron chi connectivity index (χ2n) is 10.8. The van der Waals surface area contributed by atoms with E-state index in [2.05, 4.69) is 4.90 Å². The maximum absolute atomic E-state index is 13.5. The number of benzene rings is 3. The number of ether oxygens (including phenoxy) is 1. The highest BCUT2D eigenvalue weighted by molar-refractivity contribution is 5.70. The van der Waals surface area contributed by atoms with Crippen molar-refractivity contribution >= 4 is 23.2 Å². The topological polar surface area (TPSA) is 119 Å². The van der Waals surface area contributed by atoms with Crippen molar-refractivity contribution in [3.63, 3.8) is 0 Å². The Kier molecular flexibility index (Phi) is 6.83. The monoisotopic (exact) mass is 542 g/mol. The van der Waals surface area contributed by atoms with Gasteiger partial charge in [-0.05, 0) is 71.9 Å². The van der Waals surface area contributed by atoms with Crippen LogP contribution in [0.25, 0.3) is 0 Å². The number of hydrogen-bond donors (Lipinski definition) is 0. The number of nitrogens with zero attached hydrogens (tertiary/aromatic N) is 4. The molecule has 1 aliphatic heterocycles. The van der Waals surface area contributed by atoms with Gasteiger partial charge in [0.1, 0.15) is 6.61 Å². The van der Waals surface area contributed by atoms with Crippen molar-refractivity contribution in [2.45, 2.75) is 50.2 Å². The highest BCUT2D eigenvalue weighted by Gasteiger charge is 2.39. The van der Waals surface area contributed by atoms with Crippen LogP contribution in [0.1, 0.15) is 65.8 Å².